The molecule has 4 rings (SSSR count). The second kappa shape index (κ2) is 5.89. The summed E-state index contributed by atoms with van der Waals surface area (Å²) in [5.41, 5.74) is 1.22. The highest BCUT2D eigenvalue weighted by molar-refractivity contribution is 7.89. The number of aromatic nitrogens is 1. The van der Waals surface area contributed by atoms with Crippen molar-refractivity contribution in [3.8, 4) is 11.1 Å². The lowest BCUT2D eigenvalue weighted by atomic mass is 9.96. The molecule has 0 aliphatic heterocycles. The summed E-state index contributed by atoms with van der Waals surface area (Å²) < 4.78 is 66.4. The lowest BCUT2D eigenvalue weighted by Crippen LogP contribution is -2.07. The van der Waals surface area contributed by atoms with Crippen LogP contribution in [-0.4, -0.2) is 30.9 Å². The van der Waals surface area contributed by atoms with E-state index < -0.39 is 30.2 Å². The maximum Gasteiger partial charge on any atom is 0.311 e. The van der Waals surface area contributed by atoms with Gasteiger partial charge in [-0.15, -0.1) is 0 Å². The van der Waals surface area contributed by atoms with Crippen molar-refractivity contribution in [2.24, 2.45) is 0 Å². The predicted molar refractivity (Wildman–Crippen MR) is 101 cm³/mol. The van der Waals surface area contributed by atoms with Gasteiger partial charge in [-0.25, -0.2) is 0 Å². The monoisotopic (exact) mass is 403 g/mol. The number of aromatic amines is 1. The number of hydrogen-bond donors (Lipinski definition) is 3. The van der Waals surface area contributed by atoms with E-state index >= 15 is 0 Å². The fraction of sp³-hybridized carbons (Fsp3) is 0. The topological polar surface area (TPSA) is 125 Å². The second-order valence-electron chi connectivity index (χ2n) is 5.99. The standard InChI is InChI=1S/C18H13NO6S2/c20-26(21,22)17-16-14(9-4-10-15(16)19-18(17)27(23,24)25)13-8-3-6-11-5-1-2-7-12(11)13/h1-10,19H,(H,20,21,22)(H,23,24,25). The van der Waals surface area contributed by atoms with Crippen LogP contribution in [0, 0.1) is 0 Å². The van der Waals surface area contributed by atoms with E-state index in [4.69, 9.17) is 0 Å². The third-order valence-corrected chi connectivity index (χ3v) is 6.22. The Hall–Kier alpha value is -2.72. The molecule has 0 atom stereocenters. The van der Waals surface area contributed by atoms with Gasteiger partial charge in [-0.3, -0.25) is 9.11 Å². The summed E-state index contributed by atoms with van der Waals surface area (Å²) in [7, 11) is -9.87. The largest absolute Gasteiger partial charge is 0.342 e. The molecule has 0 unspecified atom stereocenters. The third-order valence-electron chi connectivity index (χ3n) is 4.34. The molecule has 7 nitrogen and oxygen atoms in total. The average molecular weight is 403 g/mol. The number of benzene rings is 3. The number of rotatable bonds is 3. The third kappa shape index (κ3) is 2.90. The highest BCUT2D eigenvalue weighted by Gasteiger charge is 2.31. The number of H-pyrrole nitrogens is 1. The van der Waals surface area contributed by atoms with Crippen LogP contribution in [0.2, 0.25) is 0 Å². The van der Waals surface area contributed by atoms with E-state index in [0.717, 1.165) is 10.8 Å². The first-order chi connectivity index (χ1) is 12.7. The Labute approximate surface area is 154 Å². The van der Waals surface area contributed by atoms with Crippen LogP contribution >= 0.6 is 0 Å². The van der Waals surface area contributed by atoms with E-state index in [1.165, 1.54) is 6.07 Å². The SMILES string of the molecule is O=S(=O)(O)c1[nH]c2cccc(-c3cccc4ccccc34)c2c1S(=O)(=O)O. The van der Waals surface area contributed by atoms with Crippen molar-refractivity contribution in [3.63, 3.8) is 0 Å². The van der Waals surface area contributed by atoms with Gasteiger partial charge in [0.2, 0.25) is 0 Å². The van der Waals surface area contributed by atoms with Gasteiger partial charge < -0.3 is 4.98 Å². The van der Waals surface area contributed by atoms with Gasteiger partial charge in [0.05, 0.1) is 0 Å². The molecule has 0 saturated heterocycles. The van der Waals surface area contributed by atoms with Crippen molar-refractivity contribution in [3.05, 3.63) is 60.7 Å². The van der Waals surface area contributed by atoms with Crippen LogP contribution < -0.4 is 0 Å². The minimum atomic E-state index is -4.95. The summed E-state index contributed by atoms with van der Waals surface area (Å²) in [6.45, 7) is 0. The highest BCUT2D eigenvalue weighted by Crippen LogP contribution is 2.39. The van der Waals surface area contributed by atoms with Gasteiger partial charge in [0.1, 0.15) is 4.90 Å². The van der Waals surface area contributed by atoms with E-state index in [1.54, 1.807) is 24.3 Å². The van der Waals surface area contributed by atoms with Crippen molar-refractivity contribution >= 4 is 41.9 Å². The molecule has 3 aromatic carbocycles. The summed E-state index contributed by atoms with van der Waals surface area (Å²) in [4.78, 5) is 1.52. The van der Waals surface area contributed by atoms with Crippen LogP contribution in [0.1, 0.15) is 0 Å². The van der Waals surface area contributed by atoms with E-state index in [9.17, 15) is 25.9 Å². The zero-order valence-electron chi connectivity index (χ0n) is 13.6. The van der Waals surface area contributed by atoms with Crippen LogP contribution in [0.5, 0.6) is 0 Å². The van der Waals surface area contributed by atoms with E-state index in [1.807, 2.05) is 30.3 Å². The lowest BCUT2D eigenvalue weighted by molar-refractivity contribution is 0.465. The fourth-order valence-electron chi connectivity index (χ4n) is 3.31. The summed E-state index contributed by atoms with van der Waals surface area (Å²) in [6.07, 6.45) is 0. The van der Waals surface area contributed by atoms with Crippen LogP contribution in [0.3, 0.4) is 0 Å². The van der Waals surface area contributed by atoms with Crippen molar-refractivity contribution in [2.45, 2.75) is 9.92 Å². The maximum absolute atomic E-state index is 12.0. The van der Waals surface area contributed by atoms with Gasteiger partial charge >= 0.3 is 10.1 Å². The normalized spacial score (nSPS) is 12.7. The molecule has 4 aromatic rings. The second-order valence-corrected chi connectivity index (χ2v) is 8.70. The highest BCUT2D eigenvalue weighted by atomic mass is 32.2. The number of fused-ring (bicyclic) bond motifs is 2. The Balaban J connectivity index is 2.23. The summed E-state index contributed by atoms with van der Waals surface area (Å²) >= 11 is 0. The average Bonchev–Trinajstić information content (AvgIpc) is 3.02. The first-order valence-corrected chi connectivity index (χ1v) is 10.6. The van der Waals surface area contributed by atoms with Gasteiger partial charge in [0.25, 0.3) is 10.1 Å². The Bertz CT molecular complexity index is 1410. The minimum absolute atomic E-state index is 0.0102. The minimum Gasteiger partial charge on any atom is -0.342 e. The zero-order chi connectivity index (χ0) is 19.4. The van der Waals surface area contributed by atoms with E-state index in [2.05, 4.69) is 4.98 Å². The summed E-state index contributed by atoms with van der Waals surface area (Å²) in [6, 6.07) is 17.6. The van der Waals surface area contributed by atoms with Crippen LogP contribution in [0.4, 0.5) is 0 Å². The zero-order valence-corrected chi connectivity index (χ0v) is 15.3. The van der Waals surface area contributed by atoms with Crippen molar-refractivity contribution in [1.29, 1.82) is 0 Å². The quantitative estimate of drug-likeness (QED) is 0.450. The van der Waals surface area contributed by atoms with Gasteiger partial charge in [0, 0.05) is 10.9 Å². The summed E-state index contributed by atoms with van der Waals surface area (Å²) in [5, 5.41) is 0.756. The number of hydrogen-bond acceptors (Lipinski definition) is 4. The molecule has 1 aromatic heterocycles. The molecule has 0 amide bonds. The molecular weight excluding hydrogens is 390 g/mol. The Morgan fingerprint density at radius 2 is 1.33 bits per heavy atom. The molecule has 0 aliphatic rings. The smallest absolute Gasteiger partial charge is 0.311 e. The molecule has 0 bridgehead atoms. The molecule has 0 radical (unpaired) electrons. The van der Waals surface area contributed by atoms with E-state index in [-0.39, 0.29) is 10.9 Å². The molecule has 9 heteroatoms. The Morgan fingerprint density at radius 3 is 2.04 bits per heavy atom. The fourth-order valence-corrected chi connectivity index (χ4v) is 5.28. The molecule has 0 spiro atoms. The van der Waals surface area contributed by atoms with Crippen LogP contribution in [0.25, 0.3) is 32.8 Å². The van der Waals surface area contributed by atoms with Crippen LogP contribution in [0.15, 0.2) is 70.6 Å². The summed E-state index contributed by atoms with van der Waals surface area (Å²) in [5.74, 6) is 0. The molecule has 138 valence electrons. The van der Waals surface area contributed by atoms with Crippen molar-refractivity contribution in [2.75, 3.05) is 0 Å². The first-order valence-electron chi connectivity index (χ1n) is 7.76. The van der Waals surface area contributed by atoms with Crippen molar-refractivity contribution in [1.82, 2.24) is 4.98 Å². The van der Waals surface area contributed by atoms with Gasteiger partial charge in [-0.05, 0) is 28.0 Å². The molecule has 27 heavy (non-hydrogen) atoms. The molecule has 0 saturated carbocycles. The maximum atomic E-state index is 12.0. The molecule has 3 N–H and O–H groups in total. The van der Waals surface area contributed by atoms with Gasteiger partial charge in [-0.2, -0.15) is 16.8 Å². The molecule has 0 fully saturated rings. The van der Waals surface area contributed by atoms with Gasteiger partial charge in [-0.1, -0.05) is 54.6 Å². The first kappa shape index (κ1) is 17.7. The lowest BCUT2D eigenvalue weighted by Gasteiger charge is -2.09. The predicted octanol–water partition coefficient (Wildman–Crippen LogP) is 3.48. The molecule has 1 heterocycles. The van der Waals surface area contributed by atoms with E-state index in [0.29, 0.717) is 11.1 Å². The Morgan fingerprint density at radius 1 is 0.704 bits per heavy atom. The Kier molecular flexibility index (Phi) is 3.86. The number of nitrogens with one attached hydrogen (secondary N) is 1. The molecule has 0 aliphatic carbocycles. The van der Waals surface area contributed by atoms with Gasteiger partial charge in [0.15, 0.2) is 5.03 Å². The van der Waals surface area contributed by atoms with Crippen molar-refractivity contribution < 1.29 is 25.9 Å². The molecular formula is C18H13NO6S2. The van der Waals surface area contributed by atoms with Crippen LogP contribution in [-0.2, 0) is 20.2 Å².